The van der Waals surface area contributed by atoms with E-state index in [1.165, 1.54) is 62.1 Å². The lowest BCUT2D eigenvalue weighted by atomic mass is 9.92. The van der Waals surface area contributed by atoms with Crippen LogP contribution in [0.4, 0.5) is 0 Å². The number of hydrogen-bond acceptors (Lipinski definition) is 3. The third-order valence-corrected chi connectivity index (χ3v) is 9.10. The lowest BCUT2D eigenvalue weighted by Gasteiger charge is -2.53. The molecule has 0 N–H and O–H groups in total. The molecule has 3 aliphatic rings. The smallest absolute Gasteiger partial charge is 0.306 e. The normalized spacial score (nSPS) is 26.7. The Labute approximate surface area is 235 Å². The van der Waals surface area contributed by atoms with Crippen molar-refractivity contribution in [2.24, 2.45) is 0 Å². The Hall–Kier alpha value is -1.59. The van der Waals surface area contributed by atoms with E-state index < -0.39 is 0 Å². The largest absolute Gasteiger partial charge is 1.00 e. The van der Waals surface area contributed by atoms with Gasteiger partial charge in [-0.05, 0) is 49.1 Å². The predicted octanol–water partition coefficient (Wildman–Crippen LogP) is 4.32. The van der Waals surface area contributed by atoms with E-state index in [2.05, 4.69) is 68.3 Å². The Balaban J connectivity index is 0.000000479. The van der Waals surface area contributed by atoms with Gasteiger partial charge in [0.2, 0.25) is 6.73 Å². The minimum Gasteiger partial charge on any atom is -1.00 e. The molecule has 1 aliphatic heterocycles. The van der Waals surface area contributed by atoms with Gasteiger partial charge in [0.15, 0.2) is 0 Å². The molecule has 4 nitrogen and oxygen atoms in total. The monoisotopic (exact) mass is 546 g/mol. The predicted molar refractivity (Wildman–Crippen MR) is 148 cm³/mol. The Morgan fingerprint density at radius 3 is 2.22 bits per heavy atom. The number of halogens is 2. The topological polar surface area (TPSA) is 29.5 Å². The number of fused-ring (bicyclic) bond motifs is 1. The van der Waals surface area contributed by atoms with E-state index in [0.29, 0.717) is 18.7 Å². The fourth-order valence-electron chi connectivity index (χ4n) is 6.17. The fourth-order valence-corrected chi connectivity index (χ4v) is 6.35. The zero-order valence-corrected chi connectivity index (χ0v) is 24.5. The molecule has 204 valence electrons. The summed E-state index contributed by atoms with van der Waals surface area (Å²) in [5.41, 5.74) is 4.10. The van der Waals surface area contributed by atoms with Crippen LogP contribution >= 0.6 is 11.6 Å². The van der Waals surface area contributed by atoms with Crippen LogP contribution in [-0.2, 0) is 9.53 Å². The molecule has 0 aromatic heterocycles. The molecule has 0 unspecified atom stereocenters. The maximum absolute atomic E-state index is 11.4. The van der Waals surface area contributed by atoms with Crippen LogP contribution in [0, 0.1) is 0 Å². The van der Waals surface area contributed by atoms with Crippen molar-refractivity contribution in [3.8, 4) is 0 Å². The van der Waals surface area contributed by atoms with Crippen LogP contribution in [0.1, 0.15) is 94.4 Å². The van der Waals surface area contributed by atoms with Gasteiger partial charge < -0.3 is 17.1 Å². The SMILES string of the molecule is C1CCCCC1.CC(=O)OC[N@@+]1(C)CCN([C@@H]2C[C@@H](c3ccccc3)c3ccc(Cl)cc32)CC1(C)C.[Cl-]. The minimum atomic E-state index is -0.211. The van der Waals surface area contributed by atoms with Gasteiger partial charge in [0.25, 0.3) is 0 Å². The second kappa shape index (κ2) is 13.0. The number of piperazine rings is 1. The maximum Gasteiger partial charge on any atom is 0.306 e. The second-order valence-electron chi connectivity index (χ2n) is 11.8. The van der Waals surface area contributed by atoms with Crippen molar-refractivity contribution >= 4 is 17.6 Å². The van der Waals surface area contributed by atoms with Gasteiger partial charge in [-0.25, -0.2) is 0 Å². The van der Waals surface area contributed by atoms with Gasteiger partial charge in [0.1, 0.15) is 5.54 Å². The second-order valence-corrected chi connectivity index (χ2v) is 12.2. The number of carbonyl (C=O) groups excluding carboxylic acids is 1. The number of nitrogens with zero attached hydrogens (tertiary/aromatic N) is 2. The van der Waals surface area contributed by atoms with Crippen molar-refractivity contribution in [2.45, 2.75) is 83.2 Å². The first kappa shape index (κ1) is 30.0. The molecule has 6 heteroatoms. The summed E-state index contributed by atoms with van der Waals surface area (Å²) in [5.74, 6) is 0.188. The number of quaternary nitrogens is 1. The van der Waals surface area contributed by atoms with Gasteiger partial charge in [-0.3, -0.25) is 14.2 Å². The van der Waals surface area contributed by atoms with Gasteiger partial charge >= 0.3 is 5.97 Å². The van der Waals surface area contributed by atoms with Crippen LogP contribution in [0.5, 0.6) is 0 Å². The van der Waals surface area contributed by atoms with E-state index in [4.69, 9.17) is 16.3 Å². The van der Waals surface area contributed by atoms with Gasteiger partial charge in [-0.2, -0.15) is 0 Å². The molecule has 2 aliphatic carbocycles. The number of likely N-dealkylation sites (N-methyl/N-ethyl adjacent to an activating group) is 1. The van der Waals surface area contributed by atoms with Crippen LogP contribution in [0.25, 0.3) is 0 Å². The molecule has 0 bridgehead atoms. The van der Waals surface area contributed by atoms with E-state index >= 15 is 0 Å². The summed E-state index contributed by atoms with van der Waals surface area (Å²) in [6.07, 6.45) is 10.1. The Kier molecular flexibility index (Phi) is 10.5. The van der Waals surface area contributed by atoms with Gasteiger partial charge in [0.05, 0.1) is 20.1 Å². The fraction of sp³-hybridized carbons (Fsp3) is 0.581. The standard InChI is InChI=1S/C25H32ClN2O2.C6H12.ClH/c1-18(29)30-17-28(4)13-12-27(16-25(28,2)3)24-15-22(19-8-6-5-7-9-19)21-11-10-20(26)14-23(21)24;1-2-4-6-5-3-1;/h5-11,14,22,24H,12-13,15-17H2,1-4H3;1-6H2;1H/q+1;;/p-1/t22-,24+,28+;;/m0../s1. The van der Waals surface area contributed by atoms with Crippen LogP contribution in [-0.4, -0.2) is 54.3 Å². The highest BCUT2D eigenvalue weighted by Gasteiger charge is 2.49. The molecule has 0 amide bonds. The number of benzene rings is 2. The first-order valence-corrected chi connectivity index (χ1v) is 14.1. The third kappa shape index (κ3) is 7.09. The highest BCUT2D eigenvalue weighted by Crippen LogP contribution is 2.48. The summed E-state index contributed by atoms with van der Waals surface area (Å²) in [6.45, 7) is 9.34. The number of ether oxygens (including phenoxy) is 1. The first-order chi connectivity index (χ1) is 17.2. The summed E-state index contributed by atoms with van der Waals surface area (Å²) in [6, 6.07) is 17.5. The molecule has 1 heterocycles. The molecule has 2 aromatic rings. The molecule has 5 rings (SSSR count). The molecule has 2 fully saturated rings. The lowest BCUT2D eigenvalue weighted by molar-refractivity contribution is -0.974. The number of carbonyl (C=O) groups is 1. The number of esters is 1. The molecule has 3 atom stereocenters. The first-order valence-electron chi connectivity index (χ1n) is 13.8. The highest BCUT2D eigenvalue weighted by atomic mass is 35.5. The average molecular weight is 548 g/mol. The van der Waals surface area contributed by atoms with E-state index in [1.807, 2.05) is 6.07 Å². The van der Waals surface area contributed by atoms with E-state index in [0.717, 1.165) is 35.6 Å². The average Bonchev–Trinajstić information content (AvgIpc) is 3.25. The van der Waals surface area contributed by atoms with Gasteiger partial charge in [-0.15, -0.1) is 0 Å². The maximum atomic E-state index is 11.4. The van der Waals surface area contributed by atoms with Gasteiger partial charge in [-0.1, -0.05) is 86.5 Å². The zero-order valence-electron chi connectivity index (χ0n) is 23.0. The van der Waals surface area contributed by atoms with E-state index in [9.17, 15) is 4.79 Å². The summed E-state index contributed by atoms with van der Waals surface area (Å²) in [7, 11) is 2.20. The number of rotatable bonds is 4. The van der Waals surface area contributed by atoms with Crippen LogP contribution in [0.2, 0.25) is 5.02 Å². The summed E-state index contributed by atoms with van der Waals surface area (Å²) >= 11 is 6.42. The van der Waals surface area contributed by atoms with Crippen molar-refractivity contribution in [2.75, 3.05) is 33.4 Å². The zero-order chi connectivity index (χ0) is 25.8. The van der Waals surface area contributed by atoms with Crippen molar-refractivity contribution in [3.63, 3.8) is 0 Å². The van der Waals surface area contributed by atoms with Crippen molar-refractivity contribution < 1.29 is 26.4 Å². The van der Waals surface area contributed by atoms with Crippen molar-refractivity contribution in [1.29, 1.82) is 0 Å². The third-order valence-electron chi connectivity index (χ3n) is 8.87. The van der Waals surface area contributed by atoms with Crippen LogP contribution < -0.4 is 12.4 Å². The van der Waals surface area contributed by atoms with Gasteiger partial charge in [0, 0.05) is 30.5 Å². The summed E-state index contributed by atoms with van der Waals surface area (Å²) < 4.78 is 6.16. The van der Waals surface area contributed by atoms with E-state index in [-0.39, 0.29) is 23.9 Å². The van der Waals surface area contributed by atoms with Crippen molar-refractivity contribution in [3.05, 3.63) is 70.2 Å². The lowest BCUT2D eigenvalue weighted by Crippen LogP contribution is -3.00. The summed E-state index contributed by atoms with van der Waals surface area (Å²) in [4.78, 5) is 14.0. The van der Waals surface area contributed by atoms with E-state index in [1.54, 1.807) is 0 Å². The molecular formula is C31H44Cl2N2O2. The quantitative estimate of drug-likeness (QED) is 0.422. The highest BCUT2D eigenvalue weighted by molar-refractivity contribution is 6.30. The Bertz CT molecular complexity index is 1010. The van der Waals surface area contributed by atoms with Crippen LogP contribution in [0.3, 0.4) is 0 Å². The molecule has 0 radical (unpaired) electrons. The van der Waals surface area contributed by atoms with Crippen molar-refractivity contribution in [1.82, 2.24) is 4.90 Å². The molecule has 0 spiro atoms. The molecule has 1 saturated carbocycles. The summed E-state index contributed by atoms with van der Waals surface area (Å²) in [5, 5.41) is 0.805. The molecule has 37 heavy (non-hydrogen) atoms. The Morgan fingerprint density at radius 2 is 1.65 bits per heavy atom. The molecule has 1 saturated heterocycles. The molecule has 2 aromatic carbocycles. The Morgan fingerprint density at radius 1 is 1.03 bits per heavy atom. The number of hydrogen-bond donors (Lipinski definition) is 0. The molecular weight excluding hydrogens is 503 g/mol. The van der Waals surface area contributed by atoms with Crippen LogP contribution in [0.15, 0.2) is 48.5 Å². The minimum absolute atomic E-state index is 0.